The first-order chi connectivity index (χ1) is 4.72. The molecule has 10 heavy (non-hydrogen) atoms. The second kappa shape index (κ2) is 5.21. The highest BCUT2D eigenvalue weighted by Crippen LogP contribution is 2.09. The van der Waals surface area contributed by atoms with Gasteiger partial charge in [0.2, 0.25) is 0 Å². The number of rotatable bonds is 4. The quantitative estimate of drug-likeness (QED) is 0.548. The fraction of sp³-hybridized carbons (Fsp3) is 0.667. The third kappa shape index (κ3) is 3.44. The third-order valence-electron chi connectivity index (χ3n) is 1.72. The maximum Gasteiger partial charge on any atom is 0.133 e. The van der Waals surface area contributed by atoms with E-state index in [1.54, 1.807) is 6.92 Å². The number of carbonyl (C=O) groups excluding carboxylic acids is 1. The van der Waals surface area contributed by atoms with Crippen molar-refractivity contribution in [2.45, 2.75) is 33.6 Å². The summed E-state index contributed by atoms with van der Waals surface area (Å²) in [7, 11) is 0. The fourth-order valence-electron chi connectivity index (χ4n) is 0.920. The van der Waals surface area contributed by atoms with Gasteiger partial charge in [0.25, 0.3) is 0 Å². The van der Waals surface area contributed by atoms with Crippen LogP contribution >= 0.6 is 0 Å². The first-order valence-electron chi connectivity index (χ1n) is 3.84. The smallest absolute Gasteiger partial charge is 0.133 e. The van der Waals surface area contributed by atoms with E-state index in [0.29, 0.717) is 5.78 Å². The van der Waals surface area contributed by atoms with Gasteiger partial charge in [-0.1, -0.05) is 19.1 Å². The maximum absolute atomic E-state index is 10.8. The fourth-order valence-corrected chi connectivity index (χ4v) is 0.920. The molecule has 1 heteroatoms. The average molecular weight is 140 g/mol. The van der Waals surface area contributed by atoms with Crippen molar-refractivity contribution in [2.24, 2.45) is 5.92 Å². The molecule has 0 spiro atoms. The molecule has 0 aromatic carbocycles. The van der Waals surface area contributed by atoms with Gasteiger partial charge in [0.15, 0.2) is 0 Å². The zero-order valence-electron chi connectivity index (χ0n) is 7.05. The maximum atomic E-state index is 10.8. The molecule has 0 rings (SSSR count). The minimum Gasteiger partial charge on any atom is -0.300 e. The lowest BCUT2D eigenvalue weighted by Gasteiger charge is -2.05. The summed E-state index contributed by atoms with van der Waals surface area (Å²) in [5.41, 5.74) is 0. The normalized spacial score (nSPS) is 13.9. The Morgan fingerprint density at radius 3 is 2.50 bits per heavy atom. The molecule has 0 aliphatic rings. The molecule has 0 bridgehead atoms. The lowest BCUT2D eigenvalue weighted by Crippen LogP contribution is -2.07. The highest BCUT2D eigenvalue weighted by molar-refractivity contribution is 5.78. The SMILES string of the molecule is C/C=C/CC(CC)C(C)=O. The number of allylic oxidation sites excluding steroid dienone is 2. The van der Waals surface area contributed by atoms with Crippen molar-refractivity contribution in [3.8, 4) is 0 Å². The van der Waals surface area contributed by atoms with Crippen LogP contribution in [0.15, 0.2) is 12.2 Å². The van der Waals surface area contributed by atoms with Crippen molar-refractivity contribution >= 4 is 5.78 Å². The van der Waals surface area contributed by atoms with Crippen LogP contribution in [-0.2, 0) is 4.79 Å². The standard InChI is InChI=1S/C9H16O/c1-4-6-7-9(5-2)8(3)10/h4,6,9H,5,7H2,1-3H3/b6-4+. The van der Waals surface area contributed by atoms with Crippen molar-refractivity contribution in [1.82, 2.24) is 0 Å². The Morgan fingerprint density at radius 1 is 1.60 bits per heavy atom. The molecule has 0 fully saturated rings. The minimum atomic E-state index is 0.246. The van der Waals surface area contributed by atoms with Crippen molar-refractivity contribution in [3.63, 3.8) is 0 Å². The highest BCUT2D eigenvalue weighted by Gasteiger charge is 2.08. The van der Waals surface area contributed by atoms with Crippen LogP contribution in [0.5, 0.6) is 0 Å². The monoisotopic (exact) mass is 140 g/mol. The topological polar surface area (TPSA) is 17.1 Å². The molecule has 0 amide bonds. The van der Waals surface area contributed by atoms with E-state index in [2.05, 4.69) is 13.0 Å². The number of ketones is 1. The van der Waals surface area contributed by atoms with Gasteiger partial charge in [-0.2, -0.15) is 0 Å². The van der Waals surface area contributed by atoms with Crippen molar-refractivity contribution in [2.75, 3.05) is 0 Å². The molecule has 0 aliphatic carbocycles. The van der Waals surface area contributed by atoms with E-state index in [4.69, 9.17) is 0 Å². The molecule has 0 N–H and O–H groups in total. The van der Waals surface area contributed by atoms with E-state index in [-0.39, 0.29) is 5.92 Å². The molecule has 0 aliphatic heterocycles. The average Bonchev–Trinajstić information content (AvgIpc) is 1.89. The number of hydrogen-bond donors (Lipinski definition) is 0. The Kier molecular flexibility index (Phi) is 4.91. The molecule has 0 radical (unpaired) electrons. The van der Waals surface area contributed by atoms with Crippen LogP contribution in [0.3, 0.4) is 0 Å². The van der Waals surface area contributed by atoms with Gasteiger partial charge in [-0.3, -0.25) is 4.79 Å². The van der Waals surface area contributed by atoms with Gasteiger partial charge in [0, 0.05) is 5.92 Å². The summed E-state index contributed by atoms with van der Waals surface area (Å²) in [6.07, 6.45) is 5.91. The van der Waals surface area contributed by atoms with Gasteiger partial charge in [0.1, 0.15) is 5.78 Å². The van der Waals surface area contributed by atoms with Crippen LogP contribution in [0, 0.1) is 5.92 Å². The zero-order chi connectivity index (χ0) is 7.98. The lowest BCUT2D eigenvalue weighted by molar-refractivity contribution is -0.120. The first-order valence-corrected chi connectivity index (χ1v) is 3.84. The van der Waals surface area contributed by atoms with Gasteiger partial charge in [-0.15, -0.1) is 0 Å². The Labute approximate surface area is 63.1 Å². The van der Waals surface area contributed by atoms with E-state index >= 15 is 0 Å². The molecule has 1 unspecified atom stereocenters. The van der Waals surface area contributed by atoms with Gasteiger partial charge < -0.3 is 0 Å². The summed E-state index contributed by atoms with van der Waals surface area (Å²) in [6, 6.07) is 0. The van der Waals surface area contributed by atoms with E-state index < -0.39 is 0 Å². The molecule has 0 aromatic heterocycles. The highest BCUT2D eigenvalue weighted by atomic mass is 16.1. The Morgan fingerprint density at radius 2 is 2.20 bits per heavy atom. The van der Waals surface area contributed by atoms with Gasteiger partial charge in [-0.05, 0) is 26.7 Å². The summed E-state index contributed by atoms with van der Waals surface area (Å²) in [4.78, 5) is 10.8. The van der Waals surface area contributed by atoms with Crippen LogP contribution in [0.1, 0.15) is 33.6 Å². The largest absolute Gasteiger partial charge is 0.300 e. The summed E-state index contributed by atoms with van der Waals surface area (Å²) < 4.78 is 0. The van der Waals surface area contributed by atoms with Crippen molar-refractivity contribution in [3.05, 3.63) is 12.2 Å². The van der Waals surface area contributed by atoms with Crippen molar-refractivity contribution < 1.29 is 4.79 Å². The predicted octanol–water partition coefficient (Wildman–Crippen LogP) is 2.57. The van der Waals surface area contributed by atoms with E-state index in [0.717, 1.165) is 12.8 Å². The second-order valence-electron chi connectivity index (χ2n) is 2.52. The van der Waals surface area contributed by atoms with Crippen LogP contribution in [0.4, 0.5) is 0 Å². The Bertz CT molecular complexity index is 125. The van der Waals surface area contributed by atoms with Crippen LogP contribution in [0.25, 0.3) is 0 Å². The zero-order valence-corrected chi connectivity index (χ0v) is 7.05. The molecule has 0 heterocycles. The molecule has 1 atom stereocenters. The summed E-state index contributed by atoms with van der Waals surface area (Å²) in [5, 5.41) is 0. The van der Waals surface area contributed by atoms with Crippen LogP contribution < -0.4 is 0 Å². The molecular formula is C9H16O. The number of Topliss-reactive ketones (excluding diaryl/α,β-unsaturated/α-hetero) is 1. The van der Waals surface area contributed by atoms with E-state index in [1.807, 2.05) is 13.0 Å². The second-order valence-corrected chi connectivity index (χ2v) is 2.52. The number of hydrogen-bond acceptors (Lipinski definition) is 1. The summed E-state index contributed by atoms with van der Waals surface area (Å²) >= 11 is 0. The summed E-state index contributed by atoms with van der Waals surface area (Å²) in [6.45, 7) is 5.69. The van der Waals surface area contributed by atoms with Gasteiger partial charge in [-0.25, -0.2) is 0 Å². The Balaban J connectivity index is 3.71. The molecular weight excluding hydrogens is 124 g/mol. The molecule has 0 aromatic rings. The van der Waals surface area contributed by atoms with E-state index in [1.165, 1.54) is 0 Å². The van der Waals surface area contributed by atoms with E-state index in [9.17, 15) is 4.79 Å². The molecule has 0 saturated carbocycles. The molecule has 1 nitrogen and oxygen atoms in total. The molecule has 0 saturated heterocycles. The van der Waals surface area contributed by atoms with Gasteiger partial charge >= 0.3 is 0 Å². The van der Waals surface area contributed by atoms with Crippen LogP contribution in [0.2, 0.25) is 0 Å². The Hall–Kier alpha value is -0.590. The predicted molar refractivity (Wildman–Crippen MR) is 43.9 cm³/mol. The summed E-state index contributed by atoms with van der Waals surface area (Å²) in [5.74, 6) is 0.553. The number of carbonyl (C=O) groups is 1. The minimum absolute atomic E-state index is 0.246. The third-order valence-corrected chi connectivity index (χ3v) is 1.72. The van der Waals surface area contributed by atoms with Crippen molar-refractivity contribution in [1.29, 1.82) is 0 Å². The van der Waals surface area contributed by atoms with Crippen LogP contribution in [-0.4, -0.2) is 5.78 Å². The lowest BCUT2D eigenvalue weighted by atomic mass is 9.98. The van der Waals surface area contributed by atoms with Gasteiger partial charge in [0.05, 0.1) is 0 Å². The molecule has 58 valence electrons. The first kappa shape index (κ1) is 9.41.